The fraction of sp³-hybridized carbons (Fsp3) is 0.474. The van der Waals surface area contributed by atoms with Gasteiger partial charge in [0.05, 0.1) is 0 Å². The average molecular weight is 298 g/mol. The molecule has 1 fully saturated rings. The van der Waals surface area contributed by atoms with E-state index in [-0.39, 0.29) is 5.41 Å². The number of benzene rings is 1. The fourth-order valence-electron chi connectivity index (χ4n) is 3.75. The highest BCUT2D eigenvalue weighted by molar-refractivity contribution is 6.51. The van der Waals surface area contributed by atoms with Crippen molar-refractivity contribution in [1.29, 1.82) is 0 Å². The molecular weight excluding hydrogens is 271 g/mol. The largest absolute Gasteiger partial charge is 0.488 e. The zero-order chi connectivity index (χ0) is 16.0. The topological polar surface area (TPSA) is 40.5 Å². The van der Waals surface area contributed by atoms with Crippen LogP contribution in [-0.2, 0) is 11.8 Å². The van der Waals surface area contributed by atoms with Gasteiger partial charge in [0, 0.05) is 0 Å². The number of hydrogen-bond donors (Lipinski definition) is 2. The molecule has 0 atom stereocenters. The van der Waals surface area contributed by atoms with Crippen LogP contribution in [0.25, 0.3) is 0 Å². The van der Waals surface area contributed by atoms with Crippen LogP contribution in [0.15, 0.2) is 48.0 Å². The molecule has 2 aliphatic carbocycles. The molecule has 0 aromatic heterocycles. The van der Waals surface area contributed by atoms with E-state index in [1.165, 1.54) is 36.8 Å². The van der Waals surface area contributed by atoms with Crippen molar-refractivity contribution in [1.82, 2.24) is 0 Å². The predicted octanol–water partition coefficient (Wildman–Crippen LogP) is 3.97. The zero-order valence-corrected chi connectivity index (χ0v) is 13.8. The first kappa shape index (κ1) is 17.0. The smallest absolute Gasteiger partial charge is 0.423 e. The molecule has 0 aliphatic heterocycles. The van der Waals surface area contributed by atoms with E-state index < -0.39 is 7.12 Å². The lowest BCUT2D eigenvalue weighted by molar-refractivity contribution is 0.418. The van der Waals surface area contributed by atoms with Crippen LogP contribution in [-0.4, -0.2) is 17.2 Å². The van der Waals surface area contributed by atoms with Crippen LogP contribution in [0.1, 0.15) is 57.1 Å². The van der Waals surface area contributed by atoms with Crippen LogP contribution in [0, 0.1) is 0 Å². The molecular formula is C19H27BO2. The molecule has 0 unspecified atom stereocenters. The Morgan fingerprint density at radius 2 is 1.73 bits per heavy atom. The summed E-state index contributed by atoms with van der Waals surface area (Å²) in [6.45, 7) is 4.00. The van der Waals surface area contributed by atoms with E-state index in [0.717, 1.165) is 12.8 Å². The Bertz CT molecular complexity index is 540. The van der Waals surface area contributed by atoms with E-state index in [9.17, 15) is 10.0 Å². The summed E-state index contributed by atoms with van der Waals surface area (Å²) in [5.74, 6) is 0. The molecule has 2 aliphatic rings. The Balaban J connectivity index is 0.000000847. The van der Waals surface area contributed by atoms with Gasteiger partial charge in [-0.05, 0) is 47.7 Å². The lowest BCUT2D eigenvalue weighted by Crippen LogP contribution is -2.23. The zero-order valence-electron chi connectivity index (χ0n) is 13.8. The number of fused-ring (bicyclic) bond motifs is 2. The minimum Gasteiger partial charge on any atom is -0.423 e. The van der Waals surface area contributed by atoms with E-state index in [4.69, 9.17) is 0 Å². The van der Waals surface area contributed by atoms with E-state index >= 15 is 0 Å². The predicted molar refractivity (Wildman–Crippen MR) is 93.7 cm³/mol. The monoisotopic (exact) mass is 298 g/mol. The van der Waals surface area contributed by atoms with Gasteiger partial charge in [-0.2, -0.15) is 0 Å². The second kappa shape index (κ2) is 7.80. The van der Waals surface area contributed by atoms with Gasteiger partial charge in [-0.3, -0.25) is 0 Å². The Hall–Kier alpha value is -1.32. The molecule has 22 heavy (non-hydrogen) atoms. The first-order valence-corrected chi connectivity index (χ1v) is 8.52. The summed E-state index contributed by atoms with van der Waals surface area (Å²) >= 11 is 0. The lowest BCUT2D eigenvalue weighted by atomic mass is 9.72. The van der Waals surface area contributed by atoms with Crippen LogP contribution in [0.3, 0.4) is 0 Å². The van der Waals surface area contributed by atoms with Crippen LogP contribution < -0.4 is 0 Å². The number of allylic oxidation sites excluding steroid dienone is 4. The van der Waals surface area contributed by atoms with Crippen LogP contribution in [0.2, 0.25) is 0 Å². The minimum atomic E-state index is -1.37. The fourth-order valence-corrected chi connectivity index (χ4v) is 3.75. The van der Waals surface area contributed by atoms with E-state index in [2.05, 4.69) is 24.3 Å². The quantitative estimate of drug-likeness (QED) is 0.770. The van der Waals surface area contributed by atoms with Crippen LogP contribution >= 0.6 is 0 Å². The third kappa shape index (κ3) is 3.53. The lowest BCUT2D eigenvalue weighted by Gasteiger charge is -2.30. The molecule has 1 saturated carbocycles. The van der Waals surface area contributed by atoms with Gasteiger partial charge in [-0.1, -0.05) is 69.2 Å². The molecule has 1 spiro atoms. The van der Waals surface area contributed by atoms with Crippen molar-refractivity contribution in [2.45, 2.75) is 57.8 Å². The second-order valence-electron chi connectivity index (χ2n) is 6.03. The molecule has 2 N–H and O–H groups in total. The Kier molecular flexibility index (Phi) is 6.04. The first-order chi connectivity index (χ1) is 10.7. The van der Waals surface area contributed by atoms with E-state index in [1.807, 2.05) is 32.1 Å². The van der Waals surface area contributed by atoms with Gasteiger partial charge >= 0.3 is 7.12 Å². The van der Waals surface area contributed by atoms with Gasteiger partial charge in [0.25, 0.3) is 0 Å². The summed E-state index contributed by atoms with van der Waals surface area (Å²) in [6, 6.07) is 8.71. The second-order valence-corrected chi connectivity index (χ2v) is 6.03. The highest BCUT2D eigenvalue weighted by atomic mass is 16.4. The highest BCUT2D eigenvalue weighted by Gasteiger charge is 2.36. The highest BCUT2D eigenvalue weighted by Crippen LogP contribution is 2.46. The molecule has 2 nitrogen and oxygen atoms in total. The van der Waals surface area contributed by atoms with Crippen LogP contribution in [0.4, 0.5) is 0 Å². The van der Waals surface area contributed by atoms with Crippen molar-refractivity contribution < 1.29 is 10.0 Å². The molecule has 118 valence electrons. The summed E-state index contributed by atoms with van der Waals surface area (Å²) in [5.41, 5.74) is 3.67. The molecule has 0 amide bonds. The third-order valence-corrected chi connectivity index (χ3v) is 4.82. The molecule has 3 heteroatoms. The molecule has 3 rings (SSSR count). The third-order valence-electron chi connectivity index (χ3n) is 4.82. The number of hydrogen-bond acceptors (Lipinski definition) is 2. The van der Waals surface area contributed by atoms with E-state index in [1.54, 1.807) is 0 Å². The molecule has 0 radical (unpaired) electrons. The Labute approximate surface area is 134 Å². The van der Waals surface area contributed by atoms with Crippen molar-refractivity contribution in [3.8, 4) is 0 Å². The maximum Gasteiger partial charge on any atom is 0.488 e. The van der Waals surface area contributed by atoms with E-state index in [0.29, 0.717) is 5.47 Å². The molecule has 1 aromatic carbocycles. The van der Waals surface area contributed by atoms with Gasteiger partial charge in [0.15, 0.2) is 0 Å². The summed E-state index contributed by atoms with van der Waals surface area (Å²) in [5, 5.41) is 18.9. The number of rotatable bonds is 1. The summed E-state index contributed by atoms with van der Waals surface area (Å²) in [6.07, 6.45) is 12.6. The standard InChI is InChI=1S/C17H21BO2.C2H6/c19-18(20)15-8-5-7-14-6-1-2-9-16(14)17(13-10-15)11-3-4-12-17;1-2/h1-2,5-6,8-10,19-20H,3-4,7,11-13H2;1-2H3/b8-5-,15-10+;. The van der Waals surface area contributed by atoms with Crippen molar-refractivity contribution >= 4 is 7.12 Å². The molecule has 1 aromatic rings. The normalized spacial score (nSPS) is 23.0. The van der Waals surface area contributed by atoms with Crippen LogP contribution in [0.5, 0.6) is 0 Å². The van der Waals surface area contributed by atoms with Gasteiger partial charge in [0.2, 0.25) is 0 Å². The van der Waals surface area contributed by atoms with Crippen molar-refractivity contribution in [2.24, 2.45) is 0 Å². The maximum atomic E-state index is 9.47. The van der Waals surface area contributed by atoms with Gasteiger partial charge in [-0.15, -0.1) is 0 Å². The molecule has 0 saturated heterocycles. The van der Waals surface area contributed by atoms with Crippen molar-refractivity contribution in [3.05, 3.63) is 59.1 Å². The Morgan fingerprint density at radius 3 is 2.41 bits per heavy atom. The van der Waals surface area contributed by atoms with Crippen molar-refractivity contribution in [3.63, 3.8) is 0 Å². The minimum absolute atomic E-state index is 0.197. The maximum absolute atomic E-state index is 9.47. The molecule has 0 heterocycles. The average Bonchev–Trinajstić information content (AvgIpc) is 3.04. The van der Waals surface area contributed by atoms with Gasteiger partial charge in [0.1, 0.15) is 0 Å². The summed E-state index contributed by atoms with van der Waals surface area (Å²) < 4.78 is 0. The van der Waals surface area contributed by atoms with Crippen molar-refractivity contribution in [2.75, 3.05) is 0 Å². The first-order valence-electron chi connectivity index (χ1n) is 8.52. The summed E-state index contributed by atoms with van der Waals surface area (Å²) in [4.78, 5) is 0. The van der Waals surface area contributed by atoms with Gasteiger partial charge in [-0.25, -0.2) is 0 Å². The Morgan fingerprint density at radius 1 is 1.05 bits per heavy atom. The summed E-state index contributed by atoms with van der Waals surface area (Å²) in [7, 11) is -1.37. The SMILES string of the molecule is CC.OB(O)C1=C/CC2(CCCC2)c2ccccc2C/C=C\1. The van der Waals surface area contributed by atoms with Gasteiger partial charge < -0.3 is 10.0 Å². The molecule has 0 bridgehead atoms.